The standard InChI is InChI=1S/C8H18N3/c1-8(5-4-6-9)11(3)7-10-2/h8H,4-6,9H2,1-3H3/q+1. The van der Waals surface area contributed by atoms with E-state index in [1.165, 1.54) is 0 Å². The van der Waals surface area contributed by atoms with Crippen molar-refractivity contribution in [1.29, 1.82) is 0 Å². The molecule has 0 aromatic heterocycles. The van der Waals surface area contributed by atoms with Crippen molar-refractivity contribution in [2.45, 2.75) is 25.8 Å². The van der Waals surface area contributed by atoms with Gasteiger partial charge >= 0.3 is 6.01 Å². The van der Waals surface area contributed by atoms with Gasteiger partial charge in [-0.3, -0.25) is 0 Å². The van der Waals surface area contributed by atoms with E-state index >= 15 is 0 Å². The van der Waals surface area contributed by atoms with Gasteiger partial charge in [0, 0.05) is 0 Å². The molecule has 0 saturated heterocycles. The van der Waals surface area contributed by atoms with Gasteiger partial charge in [-0.15, -0.1) is 0 Å². The van der Waals surface area contributed by atoms with E-state index in [1.807, 2.05) is 11.6 Å². The molecule has 0 aromatic rings. The zero-order valence-electron chi connectivity index (χ0n) is 7.67. The van der Waals surface area contributed by atoms with Gasteiger partial charge in [-0.1, -0.05) is 0 Å². The summed E-state index contributed by atoms with van der Waals surface area (Å²) < 4.78 is 1.98. The maximum absolute atomic E-state index is 5.39. The van der Waals surface area contributed by atoms with Crippen LogP contribution in [0.2, 0.25) is 0 Å². The lowest BCUT2D eigenvalue weighted by Gasteiger charge is -2.05. The van der Waals surface area contributed by atoms with E-state index in [0.717, 1.165) is 19.4 Å². The summed E-state index contributed by atoms with van der Waals surface area (Å²) in [4.78, 5) is 3.81. The number of nitrogens with two attached hydrogens (primary N) is 1. The highest BCUT2D eigenvalue weighted by Crippen LogP contribution is 1.96. The van der Waals surface area contributed by atoms with Crippen molar-refractivity contribution in [2.24, 2.45) is 10.7 Å². The average molecular weight is 156 g/mol. The average Bonchev–Trinajstić information content (AvgIpc) is 2.00. The molecule has 1 atom stereocenters. The molecule has 0 fully saturated rings. The summed E-state index contributed by atoms with van der Waals surface area (Å²) >= 11 is 0. The first kappa shape index (κ1) is 10.3. The lowest BCUT2D eigenvalue weighted by atomic mass is 10.2. The molecule has 0 aliphatic rings. The van der Waals surface area contributed by atoms with Crippen LogP contribution in [-0.4, -0.2) is 37.3 Å². The molecule has 0 bridgehead atoms. The minimum Gasteiger partial charge on any atom is -0.330 e. The van der Waals surface area contributed by atoms with Crippen molar-refractivity contribution in [1.82, 2.24) is 0 Å². The Morgan fingerprint density at radius 2 is 2.27 bits per heavy atom. The summed E-state index contributed by atoms with van der Waals surface area (Å²) in [6, 6.07) is 3.36. The molecule has 0 amide bonds. The zero-order chi connectivity index (χ0) is 8.69. The molecule has 0 spiro atoms. The van der Waals surface area contributed by atoms with Crippen LogP contribution >= 0.6 is 0 Å². The third-order valence-electron chi connectivity index (χ3n) is 1.74. The summed E-state index contributed by atoms with van der Waals surface area (Å²) in [6.07, 6.45) is 2.17. The second-order valence-corrected chi connectivity index (χ2v) is 2.71. The quantitative estimate of drug-likeness (QED) is 0.469. The van der Waals surface area contributed by atoms with Gasteiger partial charge in [-0.2, -0.15) is 0 Å². The number of aliphatic imine (C=N–C) groups is 1. The smallest absolute Gasteiger partial charge is 0.306 e. The Bertz CT molecular complexity index is 157. The Labute approximate surface area is 68.6 Å². The van der Waals surface area contributed by atoms with Crippen molar-refractivity contribution < 1.29 is 4.58 Å². The third-order valence-corrected chi connectivity index (χ3v) is 1.74. The highest BCUT2D eigenvalue weighted by Gasteiger charge is 2.04. The molecule has 0 radical (unpaired) electrons. The maximum Gasteiger partial charge on any atom is 0.306 e. The third kappa shape index (κ3) is 4.71. The fourth-order valence-corrected chi connectivity index (χ4v) is 0.863. The summed E-state index contributed by atoms with van der Waals surface area (Å²) in [5.41, 5.74) is 5.39. The number of rotatable bonds is 4. The molecule has 0 heterocycles. The Hall–Kier alpha value is -0.660. The van der Waals surface area contributed by atoms with E-state index in [1.54, 1.807) is 7.05 Å². The molecule has 0 saturated carbocycles. The second-order valence-electron chi connectivity index (χ2n) is 2.71. The van der Waals surface area contributed by atoms with Crippen LogP contribution in [0.1, 0.15) is 19.8 Å². The van der Waals surface area contributed by atoms with Crippen molar-refractivity contribution in [3.63, 3.8) is 0 Å². The van der Waals surface area contributed by atoms with Crippen LogP contribution < -0.4 is 5.73 Å². The van der Waals surface area contributed by atoms with Crippen molar-refractivity contribution in [3.05, 3.63) is 0 Å². The molecule has 0 aromatic carbocycles. The zero-order valence-corrected chi connectivity index (χ0v) is 7.67. The van der Waals surface area contributed by atoms with Gasteiger partial charge in [0.2, 0.25) is 0 Å². The summed E-state index contributed by atoms with van der Waals surface area (Å²) in [6.45, 7) is 2.91. The predicted octanol–water partition coefficient (Wildman–Crippen LogP) is 0.560. The molecule has 3 nitrogen and oxygen atoms in total. The van der Waals surface area contributed by atoms with Crippen molar-refractivity contribution in [2.75, 3.05) is 20.6 Å². The second kappa shape index (κ2) is 6.08. The predicted molar refractivity (Wildman–Crippen MR) is 47.3 cm³/mol. The van der Waals surface area contributed by atoms with E-state index in [9.17, 15) is 0 Å². The largest absolute Gasteiger partial charge is 0.330 e. The minimum absolute atomic E-state index is 0.488. The number of hydrogen-bond acceptors (Lipinski definition) is 2. The fraction of sp³-hybridized carbons (Fsp3) is 0.875. The molecule has 0 aliphatic carbocycles. The van der Waals surface area contributed by atoms with Crippen LogP contribution in [-0.2, 0) is 0 Å². The highest BCUT2D eigenvalue weighted by molar-refractivity contribution is 5.33. The minimum atomic E-state index is 0.488. The Kier molecular flexibility index (Phi) is 5.71. The molecule has 3 heteroatoms. The van der Waals surface area contributed by atoms with E-state index in [-0.39, 0.29) is 0 Å². The topological polar surface area (TPSA) is 41.4 Å². The number of nitrogens with zero attached hydrogens (tertiary/aromatic N) is 2. The first-order chi connectivity index (χ1) is 5.22. The van der Waals surface area contributed by atoms with Gasteiger partial charge in [-0.05, 0) is 31.3 Å². The van der Waals surface area contributed by atoms with Gasteiger partial charge in [-0.25, -0.2) is 4.58 Å². The van der Waals surface area contributed by atoms with Gasteiger partial charge in [0.15, 0.2) is 0 Å². The van der Waals surface area contributed by atoms with Crippen LogP contribution in [0.3, 0.4) is 0 Å². The van der Waals surface area contributed by atoms with Crippen LogP contribution in [0.5, 0.6) is 0 Å². The van der Waals surface area contributed by atoms with Crippen LogP contribution in [0.15, 0.2) is 4.99 Å². The fourth-order valence-electron chi connectivity index (χ4n) is 0.863. The summed E-state index contributed by atoms with van der Waals surface area (Å²) in [5.74, 6) is 0. The SMILES string of the molecule is CN=C=[N+](C)C(C)CCCN. The van der Waals surface area contributed by atoms with Gasteiger partial charge < -0.3 is 5.73 Å². The lowest BCUT2D eigenvalue weighted by molar-refractivity contribution is -0.529. The lowest BCUT2D eigenvalue weighted by Crippen LogP contribution is -2.19. The molecule has 1 unspecified atom stereocenters. The summed E-state index contributed by atoms with van der Waals surface area (Å²) in [5, 5.41) is 0. The van der Waals surface area contributed by atoms with E-state index in [2.05, 4.69) is 17.9 Å². The van der Waals surface area contributed by atoms with Crippen LogP contribution in [0.25, 0.3) is 0 Å². The molecular formula is C8H18N3+. The van der Waals surface area contributed by atoms with Crippen molar-refractivity contribution in [3.8, 4) is 0 Å². The van der Waals surface area contributed by atoms with Crippen molar-refractivity contribution >= 4 is 6.01 Å². The Morgan fingerprint density at radius 1 is 1.64 bits per heavy atom. The van der Waals surface area contributed by atoms with E-state index in [0.29, 0.717) is 6.04 Å². The Morgan fingerprint density at radius 3 is 2.73 bits per heavy atom. The van der Waals surface area contributed by atoms with Gasteiger partial charge in [0.25, 0.3) is 0 Å². The molecule has 0 aliphatic heterocycles. The normalized spacial score (nSPS) is 12.0. The molecule has 0 rings (SSSR count). The van der Waals surface area contributed by atoms with Crippen LogP contribution in [0.4, 0.5) is 0 Å². The Balaban J connectivity index is 3.83. The van der Waals surface area contributed by atoms with Crippen LogP contribution in [0, 0.1) is 0 Å². The first-order valence-electron chi connectivity index (χ1n) is 3.99. The highest BCUT2D eigenvalue weighted by atomic mass is 15.0. The number of hydrogen-bond donors (Lipinski definition) is 1. The van der Waals surface area contributed by atoms with Gasteiger partial charge in [0.1, 0.15) is 13.1 Å². The monoisotopic (exact) mass is 156 g/mol. The molecule has 11 heavy (non-hydrogen) atoms. The van der Waals surface area contributed by atoms with E-state index < -0.39 is 0 Å². The molecular weight excluding hydrogens is 138 g/mol. The molecule has 64 valence electrons. The van der Waals surface area contributed by atoms with E-state index in [4.69, 9.17) is 5.73 Å². The summed E-state index contributed by atoms with van der Waals surface area (Å²) in [7, 11) is 3.71. The molecule has 2 N–H and O–H groups in total. The first-order valence-corrected chi connectivity index (χ1v) is 3.99. The maximum atomic E-state index is 5.39. The van der Waals surface area contributed by atoms with Gasteiger partial charge in [0.05, 0.1) is 7.05 Å².